The van der Waals surface area contributed by atoms with Crippen LogP contribution in [0, 0.1) is 5.92 Å². The molecule has 2 aliphatic heterocycles. The van der Waals surface area contributed by atoms with Gasteiger partial charge < -0.3 is 14.9 Å². The summed E-state index contributed by atoms with van der Waals surface area (Å²) in [7, 11) is 2.20. The van der Waals surface area contributed by atoms with Gasteiger partial charge in [-0.25, -0.2) is 0 Å². The summed E-state index contributed by atoms with van der Waals surface area (Å²) in [5, 5.41) is 10.4. The second-order valence-electron chi connectivity index (χ2n) is 7.78. The first-order valence-electron chi connectivity index (χ1n) is 9.89. The summed E-state index contributed by atoms with van der Waals surface area (Å²) in [6.07, 6.45) is 4.91. The lowest BCUT2D eigenvalue weighted by atomic mass is 10.0. The third-order valence-corrected chi connectivity index (χ3v) is 5.87. The first-order chi connectivity index (χ1) is 12.1. The summed E-state index contributed by atoms with van der Waals surface area (Å²) in [6, 6.07) is 4.31. The molecular formula is C20H34N4O. The molecule has 0 spiro atoms. The molecule has 3 rings (SSSR count). The average molecular weight is 347 g/mol. The fraction of sp³-hybridized carbons (Fsp3) is 0.750. The van der Waals surface area contributed by atoms with Crippen molar-refractivity contribution in [3.8, 4) is 0 Å². The van der Waals surface area contributed by atoms with E-state index in [1.54, 1.807) is 0 Å². The molecule has 5 heteroatoms. The number of nitrogens with zero attached hydrogens (tertiary/aromatic N) is 4. The Morgan fingerprint density at radius 2 is 1.92 bits per heavy atom. The van der Waals surface area contributed by atoms with Crippen LogP contribution in [-0.2, 0) is 12.8 Å². The van der Waals surface area contributed by atoms with E-state index in [9.17, 15) is 5.11 Å². The molecule has 140 valence electrons. The lowest BCUT2D eigenvalue weighted by molar-refractivity contribution is 0.113. The van der Waals surface area contributed by atoms with Crippen molar-refractivity contribution in [2.45, 2.75) is 32.3 Å². The minimum absolute atomic E-state index is 0.164. The van der Waals surface area contributed by atoms with Crippen LogP contribution in [0.4, 0.5) is 0 Å². The Hall–Kier alpha value is -1.01. The van der Waals surface area contributed by atoms with Gasteiger partial charge in [-0.05, 0) is 44.1 Å². The minimum Gasteiger partial charge on any atom is -0.391 e. The van der Waals surface area contributed by atoms with Gasteiger partial charge in [-0.15, -0.1) is 0 Å². The zero-order valence-electron chi connectivity index (χ0n) is 15.9. The number of pyridine rings is 1. The Kier molecular flexibility index (Phi) is 6.82. The highest BCUT2D eigenvalue weighted by atomic mass is 16.3. The highest BCUT2D eigenvalue weighted by molar-refractivity contribution is 5.16. The molecule has 2 fully saturated rings. The monoisotopic (exact) mass is 346 g/mol. The van der Waals surface area contributed by atoms with Gasteiger partial charge in [0.2, 0.25) is 0 Å². The smallest absolute Gasteiger partial charge is 0.0707 e. The fourth-order valence-corrected chi connectivity index (χ4v) is 3.99. The Morgan fingerprint density at radius 3 is 2.68 bits per heavy atom. The second-order valence-corrected chi connectivity index (χ2v) is 7.78. The van der Waals surface area contributed by atoms with Crippen molar-refractivity contribution in [2.24, 2.45) is 5.92 Å². The number of aliphatic hydroxyl groups is 1. The standard InChI is InChI=1S/C20H34N4O/c1-3-17-4-7-21-19(14-17)6-9-24-15-18(20(25)16-24)5-8-23-12-10-22(2)11-13-23/h4,7,14,18,20,25H,3,5-6,8-13,15-16H2,1-2H3/t18?,20-/m0/s1. The maximum atomic E-state index is 10.4. The molecule has 3 heterocycles. The van der Waals surface area contributed by atoms with Crippen LogP contribution in [0.5, 0.6) is 0 Å². The fourth-order valence-electron chi connectivity index (χ4n) is 3.99. The SMILES string of the molecule is CCc1ccnc(CCN2CC(CCN3CCN(C)CC3)[C@@H](O)C2)c1. The molecule has 0 saturated carbocycles. The Labute approximate surface area is 152 Å². The van der Waals surface area contributed by atoms with Crippen LogP contribution in [0.1, 0.15) is 24.6 Å². The van der Waals surface area contributed by atoms with Crippen LogP contribution in [-0.4, -0.2) is 90.3 Å². The van der Waals surface area contributed by atoms with Gasteiger partial charge >= 0.3 is 0 Å². The van der Waals surface area contributed by atoms with Gasteiger partial charge in [0.05, 0.1) is 6.10 Å². The lowest BCUT2D eigenvalue weighted by Crippen LogP contribution is -2.45. The number of β-amino-alcohol motifs (C(OH)–C–C–N with tert-alkyl or cyclic N) is 1. The summed E-state index contributed by atoms with van der Waals surface area (Å²) < 4.78 is 0. The first-order valence-corrected chi connectivity index (χ1v) is 9.89. The third-order valence-electron chi connectivity index (χ3n) is 5.87. The lowest BCUT2D eigenvalue weighted by Gasteiger charge is -2.33. The van der Waals surface area contributed by atoms with Gasteiger partial charge in [-0.2, -0.15) is 0 Å². The van der Waals surface area contributed by atoms with Crippen molar-refractivity contribution >= 4 is 0 Å². The topological polar surface area (TPSA) is 42.8 Å². The summed E-state index contributed by atoms with van der Waals surface area (Å²) in [5.74, 6) is 0.426. The van der Waals surface area contributed by atoms with E-state index in [4.69, 9.17) is 0 Å². The highest BCUT2D eigenvalue weighted by Crippen LogP contribution is 2.21. The van der Waals surface area contributed by atoms with Crippen LogP contribution in [0.2, 0.25) is 0 Å². The van der Waals surface area contributed by atoms with Crippen molar-refractivity contribution in [2.75, 3.05) is 59.4 Å². The predicted octanol–water partition coefficient (Wildman–Crippen LogP) is 1.12. The summed E-state index contributed by atoms with van der Waals surface area (Å²) in [5.41, 5.74) is 2.53. The Morgan fingerprint density at radius 1 is 1.12 bits per heavy atom. The van der Waals surface area contributed by atoms with Crippen LogP contribution in [0.3, 0.4) is 0 Å². The molecule has 1 aromatic heterocycles. The Balaban J connectivity index is 1.40. The second kappa shape index (κ2) is 9.08. The van der Waals surface area contributed by atoms with E-state index in [2.05, 4.69) is 45.8 Å². The van der Waals surface area contributed by atoms with Crippen LogP contribution in [0.25, 0.3) is 0 Å². The number of likely N-dealkylation sites (N-methyl/N-ethyl adjacent to an activating group) is 1. The van der Waals surface area contributed by atoms with Gasteiger partial charge in [-0.3, -0.25) is 9.88 Å². The number of rotatable bonds is 7. The number of piperazine rings is 1. The van der Waals surface area contributed by atoms with E-state index >= 15 is 0 Å². The molecule has 5 nitrogen and oxygen atoms in total. The number of hydrogen-bond acceptors (Lipinski definition) is 5. The normalized spacial score (nSPS) is 26.4. The molecule has 0 radical (unpaired) electrons. The number of hydrogen-bond donors (Lipinski definition) is 1. The molecule has 0 amide bonds. The van der Waals surface area contributed by atoms with E-state index in [0.29, 0.717) is 5.92 Å². The van der Waals surface area contributed by atoms with E-state index in [-0.39, 0.29) is 6.10 Å². The van der Waals surface area contributed by atoms with Gasteiger partial charge in [0.25, 0.3) is 0 Å². The molecule has 1 unspecified atom stereocenters. The Bertz CT molecular complexity index is 530. The largest absolute Gasteiger partial charge is 0.391 e. The van der Waals surface area contributed by atoms with Gasteiger partial charge in [0.15, 0.2) is 0 Å². The molecule has 0 aromatic carbocycles. The molecule has 2 saturated heterocycles. The average Bonchev–Trinajstić information content (AvgIpc) is 2.99. The van der Waals surface area contributed by atoms with Crippen LogP contribution < -0.4 is 0 Å². The number of likely N-dealkylation sites (tertiary alicyclic amines) is 1. The van der Waals surface area contributed by atoms with E-state index < -0.39 is 0 Å². The number of aliphatic hydroxyl groups excluding tert-OH is 1. The summed E-state index contributed by atoms with van der Waals surface area (Å²) >= 11 is 0. The van der Waals surface area contributed by atoms with Crippen molar-refractivity contribution < 1.29 is 5.11 Å². The van der Waals surface area contributed by atoms with Gasteiger partial charge in [0.1, 0.15) is 0 Å². The predicted molar refractivity (Wildman–Crippen MR) is 102 cm³/mol. The molecule has 0 bridgehead atoms. The summed E-state index contributed by atoms with van der Waals surface area (Å²) in [6.45, 7) is 10.8. The molecule has 1 N–H and O–H groups in total. The molecule has 2 aliphatic rings. The maximum Gasteiger partial charge on any atom is 0.0707 e. The number of aryl methyl sites for hydroxylation is 1. The summed E-state index contributed by atoms with van der Waals surface area (Å²) in [4.78, 5) is 11.9. The first kappa shape index (κ1) is 18.8. The van der Waals surface area contributed by atoms with Crippen molar-refractivity contribution in [3.63, 3.8) is 0 Å². The van der Waals surface area contributed by atoms with Crippen molar-refractivity contribution in [3.05, 3.63) is 29.6 Å². The van der Waals surface area contributed by atoms with Crippen LogP contribution in [0.15, 0.2) is 18.3 Å². The molecule has 0 aliphatic carbocycles. The highest BCUT2D eigenvalue weighted by Gasteiger charge is 2.31. The molecule has 2 atom stereocenters. The quantitative estimate of drug-likeness (QED) is 0.801. The molecule has 1 aromatic rings. The zero-order chi connectivity index (χ0) is 17.6. The maximum absolute atomic E-state index is 10.4. The van der Waals surface area contributed by atoms with Gasteiger partial charge in [0, 0.05) is 70.0 Å². The van der Waals surface area contributed by atoms with Crippen LogP contribution >= 0.6 is 0 Å². The van der Waals surface area contributed by atoms with Gasteiger partial charge in [-0.1, -0.05) is 6.92 Å². The van der Waals surface area contributed by atoms with E-state index in [0.717, 1.165) is 45.4 Å². The van der Waals surface area contributed by atoms with E-state index in [1.165, 1.54) is 37.4 Å². The third kappa shape index (κ3) is 5.48. The molecule has 25 heavy (non-hydrogen) atoms. The van der Waals surface area contributed by atoms with Crippen molar-refractivity contribution in [1.82, 2.24) is 19.7 Å². The van der Waals surface area contributed by atoms with Crippen molar-refractivity contribution in [1.29, 1.82) is 0 Å². The van der Waals surface area contributed by atoms with E-state index in [1.807, 2.05) is 6.20 Å². The minimum atomic E-state index is -0.164. The zero-order valence-corrected chi connectivity index (χ0v) is 15.9. The number of aromatic nitrogens is 1. The molecular weight excluding hydrogens is 312 g/mol.